The molecule has 3 aliphatic heterocycles. The lowest BCUT2D eigenvalue weighted by Gasteiger charge is -2.36. The van der Waals surface area contributed by atoms with E-state index in [1.54, 1.807) is 13.2 Å². The molecule has 8 nitrogen and oxygen atoms in total. The number of para-hydroxylation sites is 2. The van der Waals surface area contributed by atoms with Gasteiger partial charge < -0.3 is 33.7 Å². The molecule has 1 aromatic rings. The van der Waals surface area contributed by atoms with Crippen molar-refractivity contribution in [3.63, 3.8) is 0 Å². The molecule has 5 fully saturated rings. The van der Waals surface area contributed by atoms with Crippen molar-refractivity contribution in [3.8, 4) is 5.75 Å². The summed E-state index contributed by atoms with van der Waals surface area (Å²) < 4.78 is 37.7. The zero-order chi connectivity index (χ0) is 22.5. The van der Waals surface area contributed by atoms with Crippen LogP contribution in [0.15, 0.2) is 24.3 Å². The molecule has 33 heavy (non-hydrogen) atoms. The van der Waals surface area contributed by atoms with E-state index in [0.29, 0.717) is 11.4 Å². The highest BCUT2D eigenvalue weighted by Crippen LogP contribution is 2.51. The van der Waals surface area contributed by atoms with Crippen LogP contribution in [0.4, 0.5) is 5.69 Å². The number of fused-ring (bicyclic) bond motifs is 3. The summed E-state index contributed by atoms with van der Waals surface area (Å²) in [5.74, 6) is -1.01. The van der Waals surface area contributed by atoms with E-state index < -0.39 is 42.3 Å². The molecule has 1 N–H and O–H groups in total. The number of benzene rings is 1. The summed E-state index contributed by atoms with van der Waals surface area (Å²) in [4.78, 5) is 13.5. The number of methoxy groups -OCH3 is 1. The Bertz CT molecular complexity index is 879. The summed E-state index contributed by atoms with van der Waals surface area (Å²) in [7, 11) is 1.58. The third-order valence-electron chi connectivity index (χ3n) is 7.73. The zero-order valence-electron chi connectivity index (χ0n) is 19.1. The quantitative estimate of drug-likeness (QED) is 0.734. The van der Waals surface area contributed by atoms with E-state index in [4.69, 9.17) is 28.4 Å². The lowest BCUT2D eigenvalue weighted by molar-refractivity contribution is -0.246. The Labute approximate surface area is 194 Å². The summed E-state index contributed by atoms with van der Waals surface area (Å²) in [6, 6.07) is 7.33. The Morgan fingerprint density at radius 1 is 0.848 bits per heavy atom. The van der Waals surface area contributed by atoms with Gasteiger partial charge in [-0.1, -0.05) is 25.0 Å². The average molecular weight is 460 g/mol. The number of carbonyl (C=O) groups excluding carboxylic acids is 1. The molecule has 0 aromatic heterocycles. The van der Waals surface area contributed by atoms with Crippen LogP contribution >= 0.6 is 0 Å². The maximum Gasteiger partial charge on any atom is 0.256 e. The van der Waals surface area contributed by atoms with Crippen LogP contribution in [0.3, 0.4) is 0 Å². The van der Waals surface area contributed by atoms with Gasteiger partial charge in [0.25, 0.3) is 5.91 Å². The van der Waals surface area contributed by atoms with E-state index in [2.05, 4.69) is 5.32 Å². The Balaban J connectivity index is 1.28. The van der Waals surface area contributed by atoms with Crippen LogP contribution < -0.4 is 10.1 Å². The summed E-state index contributed by atoms with van der Waals surface area (Å²) >= 11 is 0. The number of amides is 1. The predicted octanol–water partition coefficient (Wildman–Crippen LogP) is 3.88. The van der Waals surface area contributed by atoms with Crippen molar-refractivity contribution in [1.29, 1.82) is 0 Å². The Kier molecular flexibility index (Phi) is 5.62. The van der Waals surface area contributed by atoms with Gasteiger partial charge in [-0.25, -0.2) is 0 Å². The van der Waals surface area contributed by atoms with Crippen LogP contribution in [-0.4, -0.2) is 55.3 Å². The minimum atomic E-state index is -0.871. The molecule has 1 aromatic carbocycles. The molecular formula is C25H33NO7. The average Bonchev–Trinajstić information content (AvgIpc) is 3.37. The van der Waals surface area contributed by atoms with E-state index in [1.807, 2.05) is 18.2 Å². The van der Waals surface area contributed by atoms with Crippen LogP contribution in [0.1, 0.15) is 64.2 Å². The Morgan fingerprint density at radius 3 is 2.15 bits per heavy atom. The highest BCUT2D eigenvalue weighted by atomic mass is 16.9. The molecule has 5 aliphatic rings. The highest BCUT2D eigenvalue weighted by molar-refractivity contribution is 5.96. The standard InChI is InChI=1S/C25H33NO7/c1-28-17-11-5-4-10-16(17)26-22(27)20-18-19(31-24(30-18)12-6-2-7-13-24)21-23(29-20)33-25(32-21)14-8-3-9-15-25/h4-5,10-11,18-21,23H,2-3,6-9,12-15H2,1H3,(H,26,27)/t18-,19-,20+,21+,23+/m0/s1. The first-order chi connectivity index (χ1) is 16.1. The first kappa shape index (κ1) is 21.8. The molecule has 6 rings (SSSR count). The molecule has 3 saturated heterocycles. The number of hydrogen-bond acceptors (Lipinski definition) is 7. The second kappa shape index (κ2) is 8.50. The second-order valence-electron chi connectivity index (χ2n) is 9.92. The fourth-order valence-electron chi connectivity index (χ4n) is 6.12. The van der Waals surface area contributed by atoms with Gasteiger partial charge in [0.05, 0.1) is 12.8 Å². The second-order valence-corrected chi connectivity index (χ2v) is 9.92. The molecule has 2 spiro atoms. The first-order valence-corrected chi connectivity index (χ1v) is 12.4. The number of carbonyl (C=O) groups is 1. The molecule has 1 amide bonds. The summed E-state index contributed by atoms with van der Waals surface area (Å²) in [6.45, 7) is 0. The Hall–Kier alpha value is -1.71. The van der Waals surface area contributed by atoms with Gasteiger partial charge >= 0.3 is 0 Å². The van der Waals surface area contributed by atoms with Crippen LogP contribution in [-0.2, 0) is 28.5 Å². The molecule has 8 heteroatoms. The van der Waals surface area contributed by atoms with E-state index in [0.717, 1.165) is 51.4 Å². The van der Waals surface area contributed by atoms with Crippen molar-refractivity contribution in [1.82, 2.24) is 0 Å². The van der Waals surface area contributed by atoms with Gasteiger partial charge in [-0.3, -0.25) is 4.79 Å². The summed E-state index contributed by atoms with van der Waals surface area (Å²) in [6.07, 6.45) is 7.02. The van der Waals surface area contributed by atoms with E-state index in [-0.39, 0.29) is 5.91 Å². The van der Waals surface area contributed by atoms with Crippen molar-refractivity contribution in [3.05, 3.63) is 24.3 Å². The van der Waals surface area contributed by atoms with E-state index >= 15 is 0 Å². The normalized spacial score (nSPS) is 36.3. The largest absolute Gasteiger partial charge is 0.495 e. The smallest absolute Gasteiger partial charge is 0.256 e. The van der Waals surface area contributed by atoms with Gasteiger partial charge in [0.1, 0.15) is 24.1 Å². The van der Waals surface area contributed by atoms with Gasteiger partial charge in [-0.15, -0.1) is 0 Å². The maximum atomic E-state index is 13.5. The lowest BCUT2D eigenvalue weighted by atomic mass is 9.94. The fourth-order valence-corrected chi connectivity index (χ4v) is 6.12. The summed E-state index contributed by atoms with van der Waals surface area (Å²) in [5.41, 5.74) is 0.589. The zero-order valence-corrected chi connectivity index (χ0v) is 19.1. The molecule has 2 saturated carbocycles. The van der Waals surface area contributed by atoms with Gasteiger partial charge in [-0.2, -0.15) is 0 Å². The number of anilines is 1. The first-order valence-electron chi connectivity index (χ1n) is 12.4. The topological polar surface area (TPSA) is 84.5 Å². The molecular weight excluding hydrogens is 426 g/mol. The number of rotatable bonds is 3. The van der Waals surface area contributed by atoms with Gasteiger partial charge in [0.15, 0.2) is 24.0 Å². The summed E-state index contributed by atoms with van der Waals surface area (Å²) in [5, 5.41) is 2.97. The predicted molar refractivity (Wildman–Crippen MR) is 118 cm³/mol. The van der Waals surface area contributed by atoms with Crippen LogP contribution in [0.25, 0.3) is 0 Å². The third-order valence-corrected chi connectivity index (χ3v) is 7.73. The molecule has 0 radical (unpaired) electrons. The van der Waals surface area contributed by atoms with Crippen LogP contribution in [0.2, 0.25) is 0 Å². The van der Waals surface area contributed by atoms with Gasteiger partial charge in [0, 0.05) is 25.7 Å². The molecule has 0 bridgehead atoms. The number of hydrogen-bond donors (Lipinski definition) is 1. The van der Waals surface area contributed by atoms with Crippen molar-refractivity contribution in [2.75, 3.05) is 12.4 Å². The van der Waals surface area contributed by atoms with Crippen LogP contribution in [0.5, 0.6) is 5.75 Å². The van der Waals surface area contributed by atoms with Crippen molar-refractivity contribution >= 4 is 11.6 Å². The minimum Gasteiger partial charge on any atom is -0.495 e. The van der Waals surface area contributed by atoms with Crippen molar-refractivity contribution in [2.24, 2.45) is 0 Å². The maximum absolute atomic E-state index is 13.5. The number of ether oxygens (including phenoxy) is 6. The Morgan fingerprint density at radius 2 is 1.45 bits per heavy atom. The lowest BCUT2D eigenvalue weighted by Crippen LogP contribution is -2.58. The SMILES string of the molecule is COc1ccccc1NC(=O)[C@@H]1O[C@@H]2OC3(CCCCC3)O[C@@H]2[C@H]2OC3(CCCCC3)O[C@@H]21. The molecule has 0 unspecified atom stereocenters. The molecule has 3 heterocycles. The third kappa shape index (κ3) is 3.86. The fraction of sp³-hybridized carbons (Fsp3) is 0.720. The van der Waals surface area contributed by atoms with E-state index in [1.165, 1.54) is 12.8 Å². The highest BCUT2D eigenvalue weighted by Gasteiger charge is 2.65. The molecule has 5 atom stereocenters. The van der Waals surface area contributed by atoms with Crippen LogP contribution in [0, 0.1) is 0 Å². The minimum absolute atomic E-state index is 0.294. The number of nitrogens with one attached hydrogen (secondary N) is 1. The van der Waals surface area contributed by atoms with Gasteiger partial charge in [0.2, 0.25) is 0 Å². The molecule has 2 aliphatic carbocycles. The van der Waals surface area contributed by atoms with Gasteiger partial charge in [-0.05, 0) is 37.8 Å². The van der Waals surface area contributed by atoms with E-state index in [9.17, 15) is 4.79 Å². The van der Waals surface area contributed by atoms with Crippen molar-refractivity contribution < 1.29 is 33.2 Å². The molecule has 180 valence electrons. The van der Waals surface area contributed by atoms with Crippen molar-refractivity contribution in [2.45, 2.75) is 106 Å². The monoisotopic (exact) mass is 459 g/mol.